The number of hydrogen-bond donors (Lipinski definition) is 3. The Morgan fingerprint density at radius 3 is 2.93 bits per heavy atom. The quantitative estimate of drug-likeness (QED) is 0.663. The number of nitrogens with one attached hydrogen (secondary N) is 3. The monoisotopic (exact) mass is 429 g/mol. The lowest BCUT2D eigenvalue weighted by atomic mass is 9.84. The predicted octanol–water partition coefficient (Wildman–Crippen LogP) is 4.41. The molecular weight excluding hydrogens is 398 g/mol. The standard InChI is InChI=1S/C22H31N5O2S/c1-22(2)10-9-18-19(12-24-27(18)13-22)30(23,29)26-21(28)25-20-16-7-3-5-14(16)11-15-6-4-8-17(15)20/h12,14H,3-11,13H2,1-2H3,(H3,23,25,26,28,29). The van der Waals surface area contributed by atoms with E-state index in [0.717, 1.165) is 56.5 Å². The molecule has 1 aliphatic heterocycles. The van der Waals surface area contributed by atoms with Crippen molar-refractivity contribution in [1.82, 2.24) is 19.8 Å². The number of carbonyl (C=O) groups is 1. The van der Waals surface area contributed by atoms with Crippen LogP contribution in [-0.2, 0) is 22.9 Å². The van der Waals surface area contributed by atoms with Crippen molar-refractivity contribution in [2.75, 3.05) is 0 Å². The van der Waals surface area contributed by atoms with E-state index >= 15 is 0 Å². The van der Waals surface area contributed by atoms with E-state index in [1.165, 1.54) is 35.8 Å². The lowest BCUT2D eigenvalue weighted by Gasteiger charge is -2.30. The zero-order chi connectivity index (χ0) is 21.1. The number of carbonyl (C=O) groups excluding carboxylic acids is 1. The average molecular weight is 430 g/mol. The summed E-state index contributed by atoms with van der Waals surface area (Å²) in [4.78, 5) is 13.2. The van der Waals surface area contributed by atoms with Gasteiger partial charge < -0.3 is 5.32 Å². The number of urea groups is 1. The van der Waals surface area contributed by atoms with E-state index in [9.17, 15) is 9.00 Å². The highest BCUT2D eigenvalue weighted by molar-refractivity contribution is 7.91. The molecule has 0 aromatic carbocycles. The third kappa shape index (κ3) is 3.39. The maximum atomic E-state index is 13.2. The zero-order valence-electron chi connectivity index (χ0n) is 17.8. The van der Waals surface area contributed by atoms with Gasteiger partial charge in [-0.1, -0.05) is 19.4 Å². The third-order valence-electron chi connectivity index (χ3n) is 7.25. The molecular formula is C22H31N5O2S. The smallest absolute Gasteiger partial charge is 0.307 e. The van der Waals surface area contributed by atoms with Crippen LogP contribution in [0.15, 0.2) is 33.5 Å². The van der Waals surface area contributed by atoms with Crippen LogP contribution in [0.25, 0.3) is 0 Å². The summed E-state index contributed by atoms with van der Waals surface area (Å²) >= 11 is 0. The van der Waals surface area contributed by atoms with Crippen molar-refractivity contribution in [1.29, 1.82) is 4.78 Å². The molecule has 0 spiro atoms. The van der Waals surface area contributed by atoms with Crippen LogP contribution in [0.4, 0.5) is 4.79 Å². The fourth-order valence-electron chi connectivity index (χ4n) is 5.74. The Labute approximate surface area is 178 Å². The third-order valence-corrected chi connectivity index (χ3v) is 8.68. The molecule has 0 saturated heterocycles. The van der Waals surface area contributed by atoms with Crippen molar-refractivity contribution < 1.29 is 9.00 Å². The largest absolute Gasteiger partial charge is 0.331 e. The van der Waals surface area contributed by atoms with Crippen LogP contribution in [-0.4, -0.2) is 20.0 Å². The van der Waals surface area contributed by atoms with Gasteiger partial charge in [0.05, 0.1) is 11.9 Å². The summed E-state index contributed by atoms with van der Waals surface area (Å²) < 4.78 is 26.0. The highest BCUT2D eigenvalue weighted by Crippen LogP contribution is 2.48. The maximum absolute atomic E-state index is 13.2. The number of nitrogens with zero attached hydrogens (tertiary/aromatic N) is 2. The van der Waals surface area contributed by atoms with Gasteiger partial charge in [0.15, 0.2) is 9.92 Å². The highest BCUT2D eigenvalue weighted by atomic mass is 32.2. The van der Waals surface area contributed by atoms with Crippen molar-refractivity contribution in [2.45, 2.75) is 83.1 Å². The predicted molar refractivity (Wildman–Crippen MR) is 115 cm³/mol. The van der Waals surface area contributed by atoms with Gasteiger partial charge >= 0.3 is 6.03 Å². The number of fused-ring (bicyclic) bond motifs is 2. The van der Waals surface area contributed by atoms with Crippen molar-refractivity contribution in [3.8, 4) is 0 Å². The Kier molecular flexibility index (Phi) is 4.61. The highest BCUT2D eigenvalue weighted by Gasteiger charge is 2.35. The molecule has 4 aliphatic rings. The van der Waals surface area contributed by atoms with Crippen molar-refractivity contribution >= 4 is 15.9 Å². The molecule has 7 nitrogen and oxygen atoms in total. The van der Waals surface area contributed by atoms with Crippen molar-refractivity contribution in [2.24, 2.45) is 11.3 Å². The van der Waals surface area contributed by atoms with E-state index in [0.29, 0.717) is 17.2 Å². The maximum Gasteiger partial charge on any atom is 0.331 e. The van der Waals surface area contributed by atoms with Crippen LogP contribution in [0.2, 0.25) is 0 Å². The second-order valence-corrected chi connectivity index (χ2v) is 11.8. The lowest BCUT2D eigenvalue weighted by molar-refractivity contribution is 0.233. The van der Waals surface area contributed by atoms with E-state index in [4.69, 9.17) is 4.78 Å². The second-order valence-electron chi connectivity index (χ2n) is 10.0. The molecule has 0 bridgehead atoms. The summed E-state index contributed by atoms with van der Waals surface area (Å²) in [6.07, 6.45) is 11.0. The van der Waals surface area contributed by atoms with E-state index in [-0.39, 0.29) is 5.41 Å². The van der Waals surface area contributed by atoms with Gasteiger partial charge in [0.2, 0.25) is 0 Å². The molecule has 8 heteroatoms. The molecule has 2 heterocycles. The fourth-order valence-corrected chi connectivity index (χ4v) is 6.90. The van der Waals surface area contributed by atoms with Crippen LogP contribution in [0.1, 0.15) is 70.9 Å². The van der Waals surface area contributed by atoms with Crippen LogP contribution >= 0.6 is 0 Å². The Morgan fingerprint density at radius 2 is 2.10 bits per heavy atom. The van der Waals surface area contributed by atoms with E-state index in [1.807, 2.05) is 4.68 Å². The molecule has 162 valence electrons. The van der Waals surface area contributed by atoms with Gasteiger partial charge in [-0.15, -0.1) is 0 Å². The minimum atomic E-state index is -3.47. The minimum absolute atomic E-state index is 0.128. The van der Waals surface area contributed by atoms with Crippen molar-refractivity contribution in [3.05, 3.63) is 34.3 Å². The molecule has 2 unspecified atom stereocenters. The van der Waals surface area contributed by atoms with E-state index < -0.39 is 15.9 Å². The van der Waals surface area contributed by atoms with Gasteiger partial charge in [-0.2, -0.15) is 5.10 Å². The summed E-state index contributed by atoms with van der Waals surface area (Å²) in [6.45, 7) is 5.10. The van der Waals surface area contributed by atoms with E-state index in [2.05, 4.69) is 29.0 Å². The molecule has 1 fully saturated rings. The first-order valence-corrected chi connectivity index (χ1v) is 12.7. The van der Waals surface area contributed by atoms with Gasteiger partial charge in [0, 0.05) is 12.2 Å². The van der Waals surface area contributed by atoms with Gasteiger partial charge in [-0.25, -0.2) is 18.5 Å². The number of amides is 2. The lowest BCUT2D eigenvalue weighted by Crippen LogP contribution is -2.40. The van der Waals surface area contributed by atoms with Gasteiger partial charge in [-0.3, -0.25) is 4.68 Å². The fraction of sp³-hybridized carbons (Fsp3) is 0.636. The molecule has 3 N–H and O–H groups in total. The first-order valence-electron chi connectivity index (χ1n) is 11.1. The van der Waals surface area contributed by atoms with Crippen molar-refractivity contribution in [3.63, 3.8) is 0 Å². The number of hydrogen-bond acceptors (Lipinski definition) is 4. The summed E-state index contributed by atoms with van der Waals surface area (Å²) in [5.74, 6) is 0.545. The minimum Gasteiger partial charge on any atom is -0.307 e. The molecule has 5 rings (SSSR count). The first-order chi connectivity index (χ1) is 14.2. The van der Waals surface area contributed by atoms with Crippen LogP contribution < -0.4 is 10.0 Å². The average Bonchev–Trinajstić information content (AvgIpc) is 3.38. The van der Waals surface area contributed by atoms with Crippen LogP contribution in [0, 0.1) is 16.1 Å². The molecule has 3 aliphatic carbocycles. The Morgan fingerprint density at radius 1 is 1.27 bits per heavy atom. The molecule has 2 amide bonds. The molecule has 0 radical (unpaired) electrons. The molecule has 1 aromatic rings. The van der Waals surface area contributed by atoms with Gasteiger partial charge in [-0.05, 0) is 80.3 Å². The van der Waals surface area contributed by atoms with Gasteiger partial charge in [0.25, 0.3) is 0 Å². The Bertz CT molecular complexity index is 1080. The van der Waals surface area contributed by atoms with Gasteiger partial charge in [0.1, 0.15) is 4.90 Å². The first kappa shape index (κ1) is 19.8. The molecule has 2 atom stereocenters. The summed E-state index contributed by atoms with van der Waals surface area (Å²) in [7, 11) is -3.47. The Balaban J connectivity index is 1.36. The normalized spacial score (nSPS) is 26.7. The number of aromatic nitrogens is 2. The van der Waals surface area contributed by atoms with Crippen LogP contribution in [0.3, 0.4) is 0 Å². The SMILES string of the molecule is CC1(C)CCc2c(S(=N)(=O)NC(=O)NC3=C4CCCC4CC4=C3CCC4)cnn2C1. The summed E-state index contributed by atoms with van der Waals surface area (Å²) in [5.41, 5.74) is 6.03. The molecule has 30 heavy (non-hydrogen) atoms. The summed E-state index contributed by atoms with van der Waals surface area (Å²) in [5, 5.41) is 7.38. The van der Waals surface area contributed by atoms with Crippen LogP contribution in [0.5, 0.6) is 0 Å². The second kappa shape index (κ2) is 6.97. The Hall–Kier alpha value is -2.09. The topological polar surface area (TPSA) is 99.9 Å². The van der Waals surface area contributed by atoms with E-state index in [1.54, 1.807) is 0 Å². The number of rotatable bonds is 3. The zero-order valence-corrected chi connectivity index (χ0v) is 18.7. The summed E-state index contributed by atoms with van der Waals surface area (Å²) in [6, 6.07) is -0.542. The molecule has 1 aromatic heterocycles. The molecule has 1 saturated carbocycles. The number of allylic oxidation sites excluding steroid dienone is 3.